The smallest absolute Gasteiger partial charge is 0.271 e. The Labute approximate surface area is 197 Å². The first-order chi connectivity index (χ1) is 15.4. The van der Waals surface area contributed by atoms with Gasteiger partial charge in [0.05, 0.1) is 6.04 Å². The zero-order valence-corrected chi connectivity index (χ0v) is 19.7. The highest BCUT2D eigenvalue weighted by Gasteiger charge is 2.24. The second-order valence-corrected chi connectivity index (χ2v) is 10.9. The Bertz CT molecular complexity index is 1180. The number of likely N-dealkylation sites (tertiary alicyclic amines) is 1. The van der Waals surface area contributed by atoms with Crippen molar-refractivity contribution in [2.75, 3.05) is 24.4 Å². The van der Waals surface area contributed by atoms with Crippen molar-refractivity contribution in [3.63, 3.8) is 0 Å². The van der Waals surface area contributed by atoms with Crippen LogP contribution in [-0.2, 0) is 10.0 Å². The molecule has 1 saturated heterocycles. The number of benzene rings is 2. The van der Waals surface area contributed by atoms with E-state index in [1.54, 1.807) is 35.7 Å². The molecule has 0 bridgehead atoms. The second kappa shape index (κ2) is 10.0. The molecular weight excluding hydrogens is 466 g/mol. The van der Waals surface area contributed by atoms with Crippen LogP contribution in [0, 0.1) is 0 Å². The third-order valence-electron chi connectivity index (χ3n) is 5.41. The fourth-order valence-electron chi connectivity index (χ4n) is 3.86. The van der Waals surface area contributed by atoms with E-state index in [0.29, 0.717) is 22.8 Å². The summed E-state index contributed by atoms with van der Waals surface area (Å²) >= 11 is 7.34. The molecule has 2 aromatic carbocycles. The molecule has 2 heterocycles. The minimum Gasteiger partial charge on any atom is -0.350 e. The fraction of sp³-hybridized carbons (Fsp3) is 0.261. The molecule has 1 aliphatic heterocycles. The maximum absolute atomic E-state index is 12.9. The zero-order valence-electron chi connectivity index (χ0n) is 17.3. The highest BCUT2D eigenvalue weighted by Crippen LogP contribution is 2.27. The Kier molecular flexibility index (Phi) is 7.15. The number of hydrogen-bond acceptors (Lipinski definition) is 5. The van der Waals surface area contributed by atoms with Gasteiger partial charge in [0.15, 0.2) is 0 Å². The Morgan fingerprint density at radius 3 is 2.56 bits per heavy atom. The molecule has 1 aromatic heterocycles. The Morgan fingerprint density at radius 1 is 1.06 bits per heavy atom. The number of carbonyl (C=O) groups is 1. The molecule has 0 saturated carbocycles. The molecule has 1 aliphatic rings. The molecule has 32 heavy (non-hydrogen) atoms. The molecule has 4 rings (SSSR count). The minimum absolute atomic E-state index is 0.0284. The van der Waals surface area contributed by atoms with Gasteiger partial charge in [-0.3, -0.25) is 14.4 Å². The van der Waals surface area contributed by atoms with Gasteiger partial charge in [-0.1, -0.05) is 35.9 Å². The van der Waals surface area contributed by atoms with Crippen molar-refractivity contribution in [3.8, 4) is 0 Å². The van der Waals surface area contributed by atoms with Gasteiger partial charge in [-0.2, -0.15) is 0 Å². The van der Waals surface area contributed by atoms with Crippen molar-refractivity contribution in [2.45, 2.75) is 23.1 Å². The van der Waals surface area contributed by atoms with Crippen LogP contribution in [0.5, 0.6) is 0 Å². The number of nitrogens with one attached hydrogen (secondary N) is 2. The number of anilines is 1. The third kappa shape index (κ3) is 5.50. The number of sulfonamides is 1. The predicted molar refractivity (Wildman–Crippen MR) is 129 cm³/mol. The minimum atomic E-state index is -3.67. The van der Waals surface area contributed by atoms with E-state index in [4.69, 9.17) is 11.6 Å². The van der Waals surface area contributed by atoms with Gasteiger partial charge in [0.2, 0.25) is 0 Å². The van der Waals surface area contributed by atoms with E-state index in [2.05, 4.69) is 14.9 Å². The third-order valence-corrected chi connectivity index (χ3v) is 8.42. The number of halogens is 1. The summed E-state index contributed by atoms with van der Waals surface area (Å²) in [4.78, 5) is 15.2. The average molecular weight is 490 g/mol. The first-order valence-electron chi connectivity index (χ1n) is 10.4. The summed E-state index contributed by atoms with van der Waals surface area (Å²) in [6, 6.07) is 17.5. The summed E-state index contributed by atoms with van der Waals surface area (Å²) in [5, 5.41) is 5.39. The van der Waals surface area contributed by atoms with Crippen molar-refractivity contribution in [1.82, 2.24) is 10.2 Å². The Hall–Kier alpha value is -2.39. The molecule has 0 radical (unpaired) electrons. The van der Waals surface area contributed by atoms with Crippen LogP contribution in [0.25, 0.3) is 0 Å². The lowest BCUT2D eigenvalue weighted by Crippen LogP contribution is -2.36. The SMILES string of the molecule is O=C(NCC(c1cccc(Cl)c1)N1CCCC1)c1cccc(NS(=O)(=O)c2cccs2)c1. The largest absolute Gasteiger partial charge is 0.350 e. The van der Waals surface area contributed by atoms with Crippen LogP contribution in [0.15, 0.2) is 70.3 Å². The van der Waals surface area contributed by atoms with E-state index in [-0.39, 0.29) is 16.2 Å². The maximum atomic E-state index is 12.9. The highest BCUT2D eigenvalue weighted by molar-refractivity contribution is 7.94. The molecular formula is C23H24ClN3O3S2. The maximum Gasteiger partial charge on any atom is 0.271 e. The highest BCUT2D eigenvalue weighted by atomic mass is 35.5. The summed E-state index contributed by atoms with van der Waals surface area (Å²) in [5.74, 6) is -0.256. The number of rotatable bonds is 8. The van der Waals surface area contributed by atoms with Crippen LogP contribution in [-0.4, -0.2) is 38.9 Å². The molecule has 3 aromatic rings. The zero-order chi connectivity index (χ0) is 22.6. The first kappa shape index (κ1) is 22.8. The first-order valence-corrected chi connectivity index (χ1v) is 13.1. The van der Waals surface area contributed by atoms with E-state index < -0.39 is 10.0 Å². The number of amides is 1. The van der Waals surface area contributed by atoms with Crippen LogP contribution in [0.2, 0.25) is 5.02 Å². The topological polar surface area (TPSA) is 78.5 Å². The molecule has 1 atom stereocenters. The molecule has 168 valence electrons. The summed E-state index contributed by atoms with van der Waals surface area (Å²) in [5.41, 5.74) is 1.80. The lowest BCUT2D eigenvalue weighted by atomic mass is 10.1. The molecule has 2 N–H and O–H groups in total. The van der Waals surface area contributed by atoms with E-state index in [0.717, 1.165) is 42.8 Å². The van der Waals surface area contributed by atoms with Gasteiger partial charge in [-0.15, -0.1) is 11.3 Å². The van der Waals surface area contributed by atoms with Crippen LogP contribution >= 0.6 is 22.9 Å². The Morgan fingerprint density at radius 2 is 1.84 bits per heavy atom. The average Bonchev–Trinajstić information content (AvgIpc) is 3.49. The predicted octanol–water partition coefficient (Wildman–Crippen LogP) is 4.77. The number of carbonyl (C=O) groups excluding carboxylic acids is 1. The molecule has 1 fully saturated rings. The van der Waals surface area contributed by atoms with E-state index in [1.165, 1.54) is 6.07 Å². The van der Waals surface area contributed by atoms with Gasteiger partial charge in [0.25, 0.3) is 15.9 Å². The van der Waals surface area contributed by atoms with Crippen LogP contribution in [0.4, 0.5) is 5.69 Å². The van der Waals surface area contributed by atoms with Gasteiger partial charge in [0.1, 0.15) is 4.21 Å². The quantitative estimate of drug-likeness (QED) is 0.477. The molecule has 1 unspecified atom stereocenters. The van der Waals surface area contributed by atoms with Gasteiger partial charge in [-0.25, -0.2) is 8.42 Å². The molecule has 9 heteroatoms. The number of hydrogen-bond donors (Lipinski definition) is 2. The van der Waals surface area contributed by atoms with Gasteiger partial charge < -0.3 is 5.32 Å². The van der Waals surface area contributed by atoms with Crippen molar-refractivity contribution < 1.29 is 13.2 Å². The second-order valence-electron chi connectivity index (χ2n) is 7.64. The van der Waals surface area contributed by atoms with Crippen LogP contribution in [0.3, 0.4) is 0 Å². The van der Waals surface area contributed by atoms with Gasteiger partial charge in [0, 0.05) is 22.8 Å². The van der Waals surface area contributed by atoms with E-state index in [9.17, 15) is 13.2 Å². The fourth-order valence-corrected chi connectivity index (χ4v) is 6.10. The standard InChI is InChI=1S/C23H24ClN3O3S2/c24-19-8-3-6-17(14-19)21(27-11-1-2-12-27)16-25-23(28)18-7-4-9-20(15-18)26-32(29,30)22-10-5-13-31-22/h3-10,13-15,21,26H,1-2,11-12,16H2,(H,25,28). The van der Waals surface area contributed by atoms with Crippen molar-refractivity contribution in [1.29, 1.82) is 0 Å². The normalized spacial score (nSPS) is 15.4. The van der Waals surface area contributed by atoms with Crippen molar-refractivity contribution in [2.24, 2.45) is 0 Å². The number of thiophene rings is 1. The molecule has 6 nitrogen and oxygen atoms in total. The monoisotopic (exact) mass is 489 g/mol. The molecule has 0 aliphatic carbocycles. The van der Waals surface area contributed by atoms with Crippen molar-refractivity contribution >= 4 is 44.6 Å². The summed E-state index contributed by atoms with van der Waals surface area (Å²) < 4.78 is 27.7. The Balaban J connectivity index is 1.46. The lowest BCUT2D eigenvalue weighted by Gasteiger charge is -2.28. The summed E-state index contributed by atoms with van der Waals surface area (Å²) in [6.07, 6.45) is 2.27. The van der Waals surface area contributed by atoms with Gasteiger partial charge >= 0.3 is 0 Å². The van der Waals surface area contributed by atoms with Gasteiger partial charge in [-0.05, 0) is 73.3 Å². The molecule has 0 spiro atoms. The van der Waals surface area contributed by atoms with Crippen molar-refractivity contribution in [3.05, 3.63) is 82.2 Å². The van der Waals surface area contributed by atoms with Crippen LogP contribution < -0.4 is 10.0 Å². The van der Waals surface area contributed by atoms with Crippen LogP contribution in [0.1, 0.15) is 34.8 Å². The lowest BCUT2D eigenvalue weighted by molar-refractivity contribution is 0.0938. The summed E-state index contributed by atoms with van der Waals surface area (Å²) in [6.45, 7) is 2.39. The van der Waals surface area contributed by atoms with E-state index >= 15 is 0 Å². The molecule has 1 amide bonds. The van der Waals surface area contributed by atoms with E-state index in [1.807, 2.05) is 24.3 Å². The summed E-state index contributed by atoms with van der Waals surface area (Å²) in [7, 11) is -3.67. The number of nitrogens with zero attached hydrogens (tertiary/aromatic N) is 1.